The van der Waals surface area contributed by atoms with E-state index in [2.05, 4.69) is 4.98 Å². The van der Waals surface area contributed by atoms with Crippen molar-refractivity contribution >= 4 is 40.1 Å². The first-order valence-corrected chi connectivity index (χ1v) is 12.0. The van der Waals surface area contributed by atoms with Gasteiger partial charge in [0.05, 0.1) is 17.7 Å². The molecule has 35 heavy (non-hydrogen) atoms. The average Bonchev–Trinajstić information content (AvgIpc) is 3.27. The number of ketones is 2. The van der Waals surface area contributed by atoms with E-state index in [1.807, 2.05) is 0 Å². The molecule has 1 saturated carbocycles. The molecule has 1 saturated heterocycles. The maximum Gasteiger partial charge on any atom is 0.243 e. The van der Waals surface area contributed by atoms with Gasteiger partial charge in [0.25, 0.3) is 0 Å². The highest BCUT2D eigenvalue weighted by atomic mass is 35.5. The highest BCUT2D eigenvalue weighted by Gasteiger charge is 2.66. The van der Waals surface area contributed by atoms with Crippen LogP contribution in [0.4, 0.5) is 4.39 Å². The van der Waals surface area contributed by atoms with Gasteiger partial charge in [-0.15, -0.1) is 0 Å². The monoisotopic (exact) mass is 497 g/mol. The standard InChI is InChI=1S/C26H25ClFN3O4/c1-15(33)18-12-30(25-17(18)5-3-9-29-25)13-23(35)31-20(10-26(14-32)11-22(26)31)21(34)8-7-16-4-2-6-19(27)24(16)28/h2-6,9,12,20,22,32H,7-8,10-11,13-14H2,1H3/t20-,22+,26-/m0/s1. The molecule has 0 radical (unpaired) electrons. The molecule has 2 aliphatic rings. The molecule has 7 nitrogen and oxygen atoms in total. The molecule has 3 heterocycles. The number of aromatic nitrogens is 2. The van der Waals surface area contributed by atoms with Crippen LogP contribution in [0.15, 0.2) is 42.7 Å². The van der Waals surface area contributed by atoms with Crippen molar-refractivity contribution in [3.63, 3.8) is 0 Å². The number of rotatable bonds is 8. The number of halogens is 2. The predicted octanol–water partition coefficient (Wildman–Crippen LogP) is 3.59. The Kier molecular flexibility index (Phi) is 5.97. The maximum atomic E-state index is 14.3. The normalized spacial score (nSPS) is 22.9. The van der Waals surface area contributed by atoms with Crippen molar-refractivity contribution in [3.8, 4) is 0 Å². The molecule has 1 amide bonds. The van der Waals surface area contributed by atoms with Crippen molar-refractivity contribution in [2.75, 3.05) is 6.61 Å². The van der Waals surface area contributed by atoms with Gasteiger partial charge >= 0.3 is 0 Å². The van der Waals surface area contributed by atoms with E-state index < -0.39 is 17.3 Å². The molecular formula is C26H25ClFN3O4. The van der Waals surface area contributed by atoms with E-state index in [-0.39, 0.29) is 54.5 Å². The highest BCUT2D eigenvalue weighted by molar-refractivity contribution is 6.30. The fraction of sp³-hybridized carbons (Fsp3) is 0.385. The number of nitrogens with zero attached hydrogens (tertiary/aromatic N) is 3. The Balaban J connectivity index is 1.37. The van der Waals surface area contributed by atoms with Crippen LogP contribution < -0.4 is 0 Å². The second-order valence-corrected chi connectivity index (χ2v) is 9.95. The molecule has 182 valence electrons. The summed E-state index contributed by atoms with van der Waals surface area (Å²) in [6, 6.07) is 7.31. The Hall–Kier alpha value is -3.10. The Labute approximate surface area is 206 Å². The number of pyridine rings is 1. The molecule has 2 aromatic heterocycles. The van der Waals surface area contributed by atoms with E-state index in [1.54, 1.807) is 46.1 Å². The van der Waals surface area contributed by atoms with Gasteiger partial charge in [-0.1, -0.05) is 23.7 Å². The molecular weight excluding hydrogens is 473 g/mol. The third kappa shape index (κ3) is 4.04. The van der Waals surface area contributed by atoms with Gasteiger partial charge in [0.15, 0.2) is 11.6 Å². The van der Waals surface area contributed by atoms with Crippen molar-refractivity contribution in [3.05, 3.63) is 64.7 Å². The van der Waals surface area contributed by atoms with Crippen LogP contribution in [0.5, 0.6) is 0 Å². The first kappa shape index (κ1) is 23.6. The minimum Gasteiger partial charge on any atom is -0.396 e. The molecule has 9 heteroatoms. The zero-order valence-corrected chi connectivity index (χ0v) is 20.0. The van der Waals surface area contributed by atoms with Crippen LogP contribution in [-0.4, -0.2) is 55.7 Å². The van der Waals surface area contributed by atoms with Gasteiger partial charge < -0.3 is 14.6 Å². The number of carbonyl (C=O) groups is 3. The molecule has 3 aromatic rings. The quantitative estimate of drug-likeness (QED) is 0.480. The van der Waals surface area contributed by atoms with Crippen molar-refractivity contribution in [1.29, 1.82) is 0 Å². The fourth-order valence-electron chi connectivity index (χ4n) is 5.41. The van der Waals surface area contributed by atoms with Gasteiger partial charge in [0, 0.05) is 41.2 Å². The smallest absolute Gasteiger partial charge is 0.243 e. The number of Topliss-reactive ketones (excluding diaryl/α,β-unsaturated/α-hetero) is 2. The lowest BCUT2D eigenvalue weighted by Crippen LogP contribution is -2.44. The van der Waals surface area contributed by atoms with Gasteiger partial charge in [-0.2, -0.15) is 0 Å². The van der Waals surface area contributed by atoms with Crippen LogP contribution >= 0.6 is 11.6 Å². The van der Waals surface area contributed by atoms with Crippen LogP contribution in [0.1, 0.15) is 42.1 Å². The van der Waals surface area contributed by atoms with E-state index in [1.165, 1.54) is 13.0 Å². The molecule has 0 spiro atoms. The molecule has 5 rings (SSSR count). The van der Waals surface area contributed by atoms with Crippen LogP contribution in [-0.2, 0) is 22.6 Å². The van der Waals surface area contributed by atoms with Crippen LogP contribution in [0.3, 0.4) is 0 Å². The second kappa shape index (κ2) is 8.84. The Bertz CT molecular complexity index is 1360. The van der Waals surface area contributed by atoms with Gasteiger partial charge in [-0.25, -0.2) is 9.37 Å². The number of likely N-dealkylation sites (tertiary alicyclic amines) is 1. The van der Waals surface area contributed by atoms with E-state index >= 15 is 0 Å². The zero-order chi connectivity index (χ0) is 24.9. The first-order chi connectivity index (χ1) is 16.8. The maximum absolute atomic E-state index is 14.3. The minimum absolute atomic E-state index is 0.00517. The van der Waals surface area contributed by atoms with Gasteiger partial charge in [0.1, 0.15) is 18.0 Å². The summed E-state index contributed by atoms with van der Waals surface area (Å²) in [7, 11) is 0. The first-order valence-electron chi connectivity index (χ1n) is 11.6. The zero-order valence-electron chi connectivity index (χ0n) is 19.2. The van der Waals surface area contributed by atoms with E-state index in [0.29, 0.717) is 35.0 Å². The van der Waals surface area contributed by atoms with Crippen LogP contribution in [0.2, 0.25) is 5.02 Å². The molecule has 0 unspecified atom stereocenters. The number of carbonyl (C=O) groups excluding carboxylic acids is 3. The summed E-state index contributed by atoms with van der Waals surface area (Å²) in [5.74, 6) is -1.10. The number of benzene rings is 1. The summed E-state index contributed by atoms with van der Waals surface area (Å²) >= 11 is 5.85. The molecule has 2 fully saturated rings. The Morgan fingerprint density at radius 2 is 2.03 bits per heavy atom. The van der Waals surface area contributed by atoms with Gasteiger partial charge in [-0.3, -0.25) is 14.4 Å². The number of aliphatic hydroxyl groups excluding tert-OH is 1. The Morgan fingerprint density at radius 1 is 1.23 bits per heavy atom. The third-order valence-corrected chi connectivity index (χ3v) is 7.68. The third-order valence-electron chi connectivity index (χ3n) is 7.38. The number of fused-ring (bicyclic) bond motifs is 2. The summed E-state index contributed by atoms with van der Waals surface area (Å²) in [6.07, 6.45) is 4.49. The SMILES string of the molecule is CC(=O)c1cn(CC(=O)N2[C@H](C(=O)CCc3cccc(Cl)c3F)C[C@@]3(CO)C[C@@H]23)c2ncccc12. The topological polar surface area (TPSA) is 92.5 Å². The largest absolute Gasteiger partial charge is 0.396 e. The predicted molar refractivity (Wildman–Crippen MR) is 128 cm³/mol. The van der Waals surface area contributed by atoms with Crippen LogP contribution in [0.25, 0.3) is 11.0 Å². The second-order valence-electron chi connectivity index (χ2n) is 9.54. The number of hydrogen-bond donors (Lipinski definition) is 1. The molecule has 0 bridgehead atoms. The number of aryl methyl sites for hydroxylation is 1. The lowest BCUT2D eigenvalue weighted by molar-refractivity contribution is -0.139. The van der Waals surface area contributed by atoms with Gasteiger partial charge in [-0.05, 0) is 49.9 Å². The molecule has 1 aliphatic heterocycles. The summed E-state index contributed by atoms with van der Waals surface area (Å²) in [6.45, 7) is 1.29. The number of hydrogen-bond acceptors (Lipinski definition) is 5. The van der Waals surface area contributed by atoms with Crippen molar-refractivity contribution in [2.24, 2.45) is 5.41 Å². The molecule has 1 aliphatic carbocycles. The summed E-state index contributed by atoms with van der Waals surface area (Å²) < 4.78 is 15.9. The Morgan fingerprint density at radius 3 is 2.77 bits per heavy atom. The van der Waals surface area contributed by atoms with Crippen LogP contribution in [0, 0.1) is 11.2 Å². The summed E-state index contributed by atoms with van der Waals surface area (Å²) in [4.78, 5) is 44.7. The summed E-state index contributed by atoms with van der Waals surface area (Å²) in [5.41, 5.74) is 0.896. The molecule has 1 N–H and O–H groups in total. The number of piperidine rings is 1. The lowest BCUT2D eigenvalue weighted by atomic mass is 9.95. The number of amides is 1. The van der Waals surface area contributed by atoms with E-state index in [9.17, 15) is 23.9 Å². The molecule has 1 aromatic carbocycles. The average molecular weight is 498 g/mol. The van der Waals surface area contributed by atoms with Crippen molar-refractivity contribution in [1.82, 2.24) is 14.5 Å². The fourth-order valence-corrected chi connectivity index (χ4v) is 5.60. The van der Waals surface area contributed by atoms with Crippen molar-refractivity contribution in [2.45, 2.75) is 51.2 Å². The lowest BCUT2D eigenvalue weighted by Gasteiger charge is -2.27. The van der Waals surface area contributed by atoms with E-state index in [0.717, 1.165) is 0 Å². The molecule has 3 atom stereocenters. The number of aliphatic hydroxyl groups is 1. The van der Waals surface area contributed by atoms with E-state index in [4.69, 9.17) is 11.6 Å². The van der Waals surface area contributed by atoms with Gasteiger partial charge in [0.2, 0.25) is 5.91 Å². The minimum atomic E-state index is -0.683. The highest BCUT2D eigenvalue weighted by Crippen LogP contribution is 2.59. The summed E-state index contributed by atoms with van der Waals surface area (Å²) in [5, 5.41) is 10.6. The van der Waals surface area contributed by atoms with Crippen molar-refractivity contribution < 1.29 is 23.9 Å².